The molecule has 20 heavy (non-hydrogen) atoms. The number of hydrogen-bond donors (Lipinski definition) is 0. The van der Waals surface area contributed by atoms with Crippen molar-refractivity contribution < 1.29 is 4.79 Å². The lowest BCUT2D eigenvalue weighted by Crippen LogP contribution is -2.01. The van der Waals surface area contributed by atoms with Gasteiger partial charge < -0.3 is 0 Å². The molecule has 0 fully saturated rings. The van der Waals surface area contributed by atoms with Crippen molar-refractivity contribution in [2.45, 2.75) is 12.8 Å². The summed E-state index contributed by atoms with van der Waals surface area (Å²) in [6.45, 7) is 7.42. The number of carbonyl (C=O) groups excluding carboxylic acids is 1. The fraction of sp³-hybridized carbons (Fsp3) is 0.105. The zero-order chi connectivity index (χ0) is 14.4. The summed E-state index contributed by atoms with van der Waals surface area (Å²) in [6.07, 6.45) is 5.36. The van der Waals surface area contributed by atoms with Gasteiger partial charge >= 0.3 is 0 Å². The Labute approximate surface area is 120 Å². The molecule has 0 aliphatic heterocycles. The lowest BCUT2D eigenvalue weighted by atomic mass is 10.00. The van der Waals surface area contributed by atoms with Crippen molar-refractivity contribution in [2.75, 3.05) is 0 Å². The second-order valence-electron chi connectivity index (χ2n) is 4.71. The van der Waals surface area contributed by atoms with Gasteiger partial charge in [-0.1, -0.05) is 60.7 Å². The van der Waals surface area contributed by atoms with Gasteiger partial charge in [-0.3, -0.25) is 4.79 Å². The zero-order valence-electron chi connectivity index (χ0n) is 11.5. The number of benzene rings is 2. The van der Waals surface area contributed by atoms with E-state index >= 15 is 0 Å². The first-order chi connectivity index (χ1) is 9.74. The Bertz CT molecular complexity index is 548. The molecule has 2 aromatic carbocycles. The largest absolute Gasteiger partial charge is 0.289 e. The minimum atomic E-state index is 0.0558. The molecule has 0 heterocycles. The van der Waals surface area contributed by atoms with Crippen molar-refractivity contribution in [2.24, 2.45) is 0 Å². The summed E-state index contributed by atoms with van der Waals surface area (Å²) in [6, 6.07) is 15.4. The van der Waals surface area contributed by atoms with Crippen LogP contribution in [-0.4, -0.2) is 5.78 Å². The van der Waals surface area contributed by atoms with Crippen LogP contribution >= 0.6 is 0 Å². The molecule has 100 valence electrons. The van der Waals surface area contributed by atoms with Crippen LogP contribution in [0.25, 0.3) is 0 Å². The van der Waals surface area contributed by atoms with Crippen LogP contribution in [0.15, 0.2) is 73.8 Å². The number of hydrogen-bond acceptors (Lipinski definition) is 1. The average molecular weight is 262 g/mol. The molecular weight excluding hydrogens is 244 g/mol. The molecule has 0 radical (unpaired) electrons. The van der Waals surface area contributed by atoms with Gasteiger partial charge in [0.2, 0.25) is 0 Å². The number of rotatable bonds is 6. The molecule has 0 amide bonds. The third-order valence-corrected chi connectivity index (χ3v) is 3.19. The fourth-order valence-electron chi connectivity index (χ4n) is 2.08. The Kier molecular flexibility index (Phi) is 4.67. The van der Waals surface area contributed by atoms with Crippen LogP contribution in [0.2, 0.25) is 0 Å². The maximum absolute atomic E-state index is 12.3. The van der Waals surface area contributed by atoms with Gasteiger partial charge in [0.1, 0.15) is 0 Å². The van der Waals surface area contributed by atoms with E-state index in [9.17, 15) is 4.79 Å². The first-order valence-corrected chi connectivity index (χ1v) is 6.69. The van der Waals surface area contributed by atoms with E-state index in [0.717, 1.165) is 24.0 Å². The van der Waals surface area contributed by atoms with Crippen LogP contribution in [0.3, 0.4) is 0 Å². The lowest BCUT2D eigenvalue weighted by Gasteiger charge is -2.04. The second-order valence-corrected chi connectivity index (χ2v) is 4.71. The maximum Gasteiger partial charge on any atom is 0.193 e. The molecule has 0 aliphatic carbocycles. The molecule has 0 spiro atoms. The van der Waals surface area contributed by atoms with Crippen molar-refractivity contribution in [3.05, 3.63) is 96.1 Å². The Hall–Kier alpha value is -2.41. The summed E-state index contributed by atoms with van der Waals surface area (Å²) in [7, 11) is 0. The third kappa shape index (κ3) is 3.33. The minimum absolute atomic E-state index is 0.0558. The van der Waals surface area contributed by atoms with Crippen LogP contribution in [0, 0.1) is 0 Å². The quantitative estimate of drug-likeness (QED) is 0.558. The molecule has 1 nitrogen and oxygen atoms in total. The van der Waals surface area contributed by atoms with Crippen LogP contribution in [-0.2, 0) is 12.8 Å². The van der Waals surface area contributed by atoms with Gasteiger partial charge in [-0.2, -0.15) is 0 Å². The Balaban J connectivity index is 2.17. The molecule has 0 N–H and O–H groups in total. The molecule has 2 aromatic rings. The molecule has 0 saturated heterocycles. The predicted octanol–water partition coefficient (Wildman–Crippen LogP) is 4.37. The molecular formula is C19H18O. The molecule has 0 aromatic heterocycles. The molecule has 0 bridgehead atoms. The highest BCUT2D eigenvalue weighted by Crippen LogP contribution is 2.13. The molecule has 0 aliphatic rings. The smallest absolute Gasteiger partial charge is 0.193 e. The summed E-state index contributed by atoms with van der Waals surface area (Å²) in [4.78, 5) is 12.3. The topological polar surface area (TPSA) is 17.1 Å². The predicted molar refractivity (Wildman–Crippen MR) is 84.1 cm³/mol. The summed E-state index contributed by atoms with van der Waals surface area (Å²) in [5.41, 5.74) is 3.76. The minimum Gasteiger partial charge on any atom is -0.289 e. The van der Waals surface area contributed by atoms with Gasteiger partial charge in [0, 0.05) is 11.1 Å². The summed E-state index contributed by atoms with van der Waals surface area (Å²) >= 11 is 0. The Morgan fingerprint density at radius 1 is 0.750 bits per heavy atom. The molecule has 0 atom stereocenters. The summed E-state index contributed by atoms with van der Waals surface area (Å²) < 4.78 is 0. The van der Waals surface area contributed by atoms with Crippen LogP contribution in [0.5, 0.6) is 0 Å². The van der Waals surface area contributed by atoms with Gasteiger partial charge in [-0.25, -0.2) is 0 Å². The fourth-order valence-corrected chi connectivity index (χ4v) is 2.08. The van der Waals surface area contributed by atoms with Crippen molar-refractivity contribution in [1.29, 1.82) is 0 Å². The van der Waals surface area contributed by atoms with Crippen molar-refractivity contribution in [1.82, 2.24) is 0 Å². The Morgan fingerprint density at radius 3 is 1.40 bits per heavy atom. The van der Waals surface area contributed by atoms with E-state index in [-0.39, 0.29) is 5.78 Å². The van der Waals surface area contributed by atoms with E-state index in [0.29, 0.717) is 11.1 Å². The van der Waals surface area contributed by atoms with Crippen molar-refractivity contribution in [3.8, 4) is 0 Å². The molecule has 1 heteroatoms. The SMILES string of the molecule is C=CCc1ccc(C(=O)c2ccc(CC=C)cc2)cc1. The normalized spacial score (nSPS) is 10.0. The Morgan fingerprint density at radius 2 is 1.10 bits per heavy atom. The van der Waals surface area contributed by atoms with Gasteiger partial charge in [0.25, 0.3) is 0 Å². The van der Waals surface area contributed by atoms with Crippen molar-refractivity contribution >= 4 is 5.78 Å². The molecule has 0 unspecified atom stereocenters. The average Bonchev–Trinajstić information content (AvgIpc) is 2.49. The highest BCUT2D eigenvalue weighted by molar-refractivity contribution is 6.08. The van der Waals surface area contributed by atoms with Gasteiger partial charge in [-0.15, -0.1) is 13.2 Å². The van der Waals surface area contributed by atoms with Gasteiger partial charge in [0.15, 0.2) is 5.78 Å². The first kappa shape index (κ1) is 14.0. The molecule has 0 saturated carbocycles. The van der Waals surface area contributed by atoms with E-state index in [1.807, 2.05) is 60.7 Å². The third-order valence-electron chi connectivity index (χ3n) is 3.19. The van der Waals surface area contributed by atoms with E-state index in [2.05, 4.69) is 13.2 Å². The van der Waals surface area contributed by atoms with Gasteiger partial charge in [-0.05, 0) is 24.0 Å². The van der Waals surface area contributed by atoms with E-state index in [1.54, 1.807) is 0 Å². The zero-order valence-corrected chi connectivity index (χ0v) is 11.5. The summed E-state index contributed by atoms with van der Waals surface area (Å²) in [5.74, 6) is 0.0558. The maximum atomic E-state index is 12.3. The highest BCUT2D eigenvalue weighted by Gasteiger charge is 2.08. The van der Waals surface area contributed by atoms with E-state index < -0.39 is 0 Å². The van der Waals surface area contributed by atoms with E-state index in [4.69, 9.17) is 0 Å². The number of carbonyl (C=O) groups is 1. The van der Waals surface area contributed by atoms with Crippen molar-refractivity contribution in [3.63, 3.8) is 0 Å². The highest BCUT2D eigenvalue weighted by atomic mass is 16.1. The second kappa shape index (κ2) is 6.67. The standard InChI is InChI=1S/C19H18O/c1-3-5-15-7-11-17(12-8-15)19(20)18-13-9-16(6-4-2)10-14-18/h3-4,7-14H,1-2,5-6H2. The monoisotopic (exact) mass is 262 g/mol. The first-order valence-electron chi connectivity index (χ1n) is 6.69. The van der Waals surface area contributed by atoms with Crippen LogP contribution in [0.1, 0.15) is 27.0 Å². The number of ketones is 1. The lowest BCUT2D eigenvalue weighted by molar-refractivity contribution is 0.103. The van der Waals surface area contributed by atoms with E-state index in [1.165, 1.54) is 0 Å². The summed E-state index contributed by atoms with van der Waals surface area (Å²) in [5, 5.41) is 0. The molecule has 2 rings (SSSR count). The van der Waals surface area contributed by atoms with Crippen LogP contribution < -0.4 is 0 Å². The number of allylic oxidation sites excluding steroid dienone is 2. The van der Waals surface area contributed by atoms with Gasteiger partial charge in [0.05, 0.1) is 0 Å². The van der Waals surface area contributed by atoms with Crippen LogP contribution in [0.4, 0.5) is 0 Å².